The van der Waals surface area contributed by atoms with Crippen LogP contribution in [-0.2, 0) is 0 Å². The Hall–Kier alpha value is -3.49. The van der Waals surface area contributed by atoms with Crippen LogP contribution in [0.5, 0.6) is 0 Å². The van der Waals surface area contributed by atoms with Gasteiger partial charge in [-0.1, -0.05) is 17.2 Å². The smallest absolute Gasteiger partial charge is 0.315 e. The third-order valence-electron chi connectivity index (χ3n) is 3.48. The molecule has 0 radical (unpaired) electrons. The molecule has 9 heteroatoms. The van der Waals surface area contributed by atoms with E-state index in [4.69, 9.17) is 10.2 Å². The van der Waals surface area contributed by atoms with Crippen molar-refractivity contribution in [3.8, 4) is 22.8 Å². The third-order valence-corrected chi connectivity index (χ3v) is 3.48. The van der Waals surface area contributed by atoms with Crippen LogP contribution in [0.2, 0.25) is 0 Å². The lowest BCUT2D eigenvalue weighted by molar-refractivity contribution is 0.0827. The number of aromatic nitrogens is 4. The molecule has 0 saturated heterocycles. The molecule has 25 heavy (non-hydrogen) atoms. The highest BCUT2D eigenvalue weighted by Crippen LogP contribution is 2.26. The molecule has 0 unspecified atom stereocenters. The minimum Gasteiger partial charge on any atom is -0.402 e. The SMILES string of the molecule is CNc1nnc(-c2nc(-c3ccc(C(=O)N(C)C)cc3)cnc2N)o1.[HH].[HH]. The average Bonchev–Trinajstić information content (AvgIpc) is 3.10. The molecule has 3 N–H and O–H groups in total. The first-order chi connectivity index (χ1) is 12.0. The Labute approximate surface area is 146 Å². The van der Waals surface area contributed by atoms with Crippen molar-refractivity contribution < 1.29 is 12.1 Å². The summed E-state index contributed by atoms with van der Waals surface area (Å²) < 4.78 is 5.40. The molecular weight excluding hydrogens is 322 g/mol. The molecule has 0 aliphatic carbocycles. The summed E-state index contributed by atoms with van der Waals surface area (Å²) >= 11 is 0. The topological polar surface area (TPSA) is 123 Å². The van der Waals surface area contributed by atoms with Crippen LogP contribution in [0.25, 0.3) is 22.8 Å². The fraction of sp³-hybridized carbons (Fsp3) is 0.188. The number of hydrogen-bond donors (Lipinski definition) is 2. The van der Waals surface area contributed by atoms with Crippen molar-refractivity contribution >= 4 is 17.7 Å². The number of nitrogens with zero attached hydrogens (tertiary/aromatic N) is 5. The van der Waals surface area contributed by atoms with E-state index in [1.54, 1.807) is 51.6 Å². The molecule has 1 aromatic carbocycles. The Morgan fingerprint density at radius 1 is 1.24 bits per heavy atom. The predicted octanol–water partition coefficient (Wildman–Crippen LogP) is 2.01. The van der Waals surface area contributed by atoms with Gasteiger partial charge in [-0.2, -0.15) is 0 Å². The second-order valence-electron chi connectivity index (χ2n) is 5.43. The quantitative estimate of drug-likeness (QED) is 0.737. The van der Waals surface area contributed by atoms with Crippen LogP contribution in [-0.4, -0.2) is 52.1 Å². The molecule has 9 nitrogen and oxygen atoms in total. The normalized spacial score (nSPS) is 10.5. The highest BCUT2D eigenvalue weighted by Gasteiger charge is 2.16. The predicted molar refractivity (Wildman–Crippen MR) is 97.0 cm³/mol. The maximum Gasteiger partial charge on any atom is 0.315 e. The number of benzene rings is 1. The van der Waals surface area contributed by atoms with Crippen LogP contribution in [0.4, 0.5) is 11.8 Å². The Bertz CT molecular complexity index is 913. The summed E-state index contributed by atoms with van der Waals surface area (Å²) in [4.78, 5) is 22.1. The number of nitrogens with two attached hydrogens (primary N) is 1. The summed E-state index contributed by atoms with van der Waals surface area (Å²) in [7, 11) is 5.08. The second kappa shape index (κ2) is 6.56. The number of amides is 1. The van der Waals surface area contributed by atoms with E-state index in [1.807, 2.05) is 0 Å². The number of carbonyl (C=O) groups excluding carboxylic acids is 1. The Morgan fingerprint density at radius 2 is 1.96 bits per heavy atom. The first-order valence-corrected chi connectivity index (χ1v) is 7.46. The lowest BCUT2D eigenvalue weighted by atomic mass is 10.1. The fourth-order valence-corrected chi connectivity index (χ4v) is 2.16. The number of rotatable bonds is 4. The fourth-order valence-electron chi connectivity index (χ4n) is 2.16. The molecule has 1 amide bonds. The van der Waals surface area contributed by atoms with Gasteiger partial charge in [0.15, 0.2) is 11.5 Å². The van der Waals surface area contributed by atoms with Crippen molar-refractivity contribution in [1.29, 1.82) is 0 Å². The van der Waals surface area contributed by atoms with E-state index in [0.717, 1.165) is 5.56 Å². The molecule has 132 valence electrons. The molecule has 2 aromatic heterocycles. The van der Waals surface area contributed by atoms with Gasteiger partial charge in [-0.15, -0.1) is 5.10 Å². The van der Waals surface area contributed by atoms with Gasteiger partial charge >= 0.3 is 6.01 Å². The van der Waals surface area contributed by atoms with Gasteiger partial charge in [0.2, 0.25) is 0 Å². The van der Waals surface area contributed by atoms with E-state index in [2.05, 4.69) is 25.5 Å². The summed E-state index contributed by atoms with van der Waals surface area (Å²) in [5.74, 6) is 0.297. The number of carbonyl (C=O) groups is 1. The van der Waals surface area contributed by atoms with E-state index in [-0.39, 0.29) is 26.5 Å². The lowest BCUT2D eigenvalue weighted by Crippen LogP contribution is -2.21. The first kappa shape index (κ1) is 16.4. The van der Waals surface area contributed by atoms with Crippen molar-refractivity contribution in [3.05, 3.63) is 36.0 Å². The zero-order valence-electron chi connectivity index (χ0n) is 14.0. The Balaban J connectivity index is 0.00000182. The molecule has 0 aliphatic heterocycles. The molecule has 0 atom stereocenters. The second-order valence-corrected chi connectivity index (χ2v) is 5.43. The van der Waals surface area contributed by atoms with Crippen LogP contribution in [0.3, 0.4) is 0 Å². The number of nitrogen functional groups attached to an aromatic ring is 1. The van der Waals surface area contributed by atoms with Gasteiger partial charge in [0.05, 0.1) is 11.9 Å². The van der Waals surface area contributed by atoms with E-state index >= 15 is 0 Å². The van der Waals surface area contributed by atoms with Gasteiger partial charge in [-0.25, -0.2) is 9.97 Å². The standard InChI is InChI=1S/C16H17N7O2.2H2/c1-18-16-22-21-14(25-16)12-13(17)19-8-11(20-12)9-4-6-10(7-5-9)15(24)23(2)3;;/h4-8H,1-3H3,(H2,17,19)(H,18,22);2*1H. The third kappa shape index (κ3) is 3.25. The highest BCUT2D eigenvalue weighted by atomic mass is 16.4. The molecule has 0 bridgehead atoms. The largest absolute Gasteiger partial charge is 0.402 e. The van der Waals surface area contributed by atoms with Gasteiger partial charge in [0.25, 0.3) is 11.8 Å². The van der Waals surface area contributed by atoms with E-state index in [9.17, 15) is 4.79 Å². The summed E-state index contributed by atoms with van der Waals surface area (Å²) in [6, 6.07) is 7.33. The molecule has 0 saturated carbocycles. The van der Waals surface area contributed by atoms with E-state index in [1.165, 1.54) is 4.90 Å². The summed E-state index contributed by atoms with van der Waals surface area (Å²) in [6.45, 7) is 0. The number of nitrogens with one attached hydrogen (secondary N) is 1. The molecule has 3 aromatic rings. The van der Waals surface area contributed by atoms with Gasteiger partial charge in [-0.3, -0.25) is 4.79 Å². The first-order valence-electron chi connectivity index (χ1n) is 7.46. The summed E-state index contributed by atoms with van der Waals surface area (Å²) in [5.41, 5.74) is 8.14. The zero-order chi connectivity index (χ0) is 18.0. The van der Waals surface area contributed by atoms with Crippen molar-refractivity contribution in [2.24, 2.45) is 0 Å². The van der Waals surface area contributed by atoms with Gasteiger partial charge in [0, 0.05) is 35.1 Å². The van der Waals surface area contributed by atoms with Crippen LogP contribution in [0, 0.1) is 0 Å². The minimum atomic E-state index is -0.0684. The Morgan fingerprint density at radius 3 is 2.56 bits per heavy atom. The monoisotopic (exact) mass is 343 g/mol. The maximum absolute atomic E-state index is 12.0. The minimum absolute atomic E-state index is 0. The average molecular weight is 343 g/mol. The van der Waals surface area contributed by atoms with Gasteiger partial charge in [-0.05, 0) is 12.1 Å². The van der Waals surface area contributed by atoms with Gasteiger partial charge in [0.1, 0.15) is 0 Å². The van der Waals surface area contributed by atoms with Crippen molar-refractivity contribution in [2.75, 3.05) is 32.2 Å². The molecule has 0 aliphatic rings. The van der Waals surface area contributed by atoms with Crippen LogP contribution in [0.15, 0.2) is 34.9 Å². The van der Waals surface area contributed by atoms with E-state index in [0.29, 0.717) is 17.0 Å². The molecule has 2 heterocycles. The van der Waals surface area contributed by atoms with E-state index < -0.39 is 0 Å². The number of anilines is 2. The van der Waals surface area contributed by atoms with Crippen LogP contribution < -0.4 is 11.1 Å². The summed E-state index contributed by atoms with van der Waals surface area (Å²) in [5, 5.41) is 10.5. The number of hydrogen-bond acceptors (Lipinski definition) is 8. The zero-order valence-corrected chi connectivity index (χ0v) is 14.0. The lowest BCUT2D eigenvalue weighted by Gasteiger charge is -2.10. The molecule has 0 spiro atoms. The van der Waals surface area contributed by atoms with Crippen LogP contribution in [0.1, 0.15) is 13.2 Å². The van der Waals surface area contributed by atoms with Gasteiger partial charge < -0.3 is 20.4 Å². The molecule has 3 rings (SSSR count). The Kier molecular flexibility index (Phi) is 4.29. The highest BCUT2D eigenvalue weighted by molar-refractivity contribution is 5.94. The molecular formula is C16H21N7O2. The molecule has 0 fully saturated rings. The maximum atomic E-state index is 12.0. The van der Waals surface area contributed by atoms with Crippen molar-refractivity contribution in [1.82, 2.24) is 25.1 Å². The van der Waals surface area contributed by atoms with Crippen molar-refractivity contribution in [3.63, 3.8) is 0 Å². The van der Waals surface area contributed by atoms with Crippen molar-refractivity contribution in [2.45, 2.75) is 0 Å². The van der Waals surface area contributed by atoms with Crippen LogP contribution >= 0.6 is 0 Å². The summed E-state index contributed by atoms with van der Waals surface area (Å²) in [6.07, 6.45) is 1.55.